The van der Waals surface area contributed by atoms with Gasteiger partial charge in [0.25, 0.3) is 0 Å². The van der Waals surface area contributed by atoms with Crippen LogP contribution in [0.4, 0.5) is 0 Å². The first kappa shape index (κ1) is 11.7. The lowest BCUT2D eigenvalue weighted by Gasteiger charge is -2.10. The second-order valence-corrected chi connectivity index (χ2v) is 4.83. The Balaban J connectivity index is 2.36. The lowest BCUT2D eigenvalue weighted by atomic mass is 10.0. The molecule has 0 saturated heterocycles. The van der Waals surface area contributed by atoms with Crippen molar-refractivity contribution in [3.63, 3.8) is 0 Å². The molecule has 0 aliphatic heterocycles. The normalized spacial score (nSPS) is 14.9. The summed E-state index contributed by atoms with van der Waals surface area (Å²) in [6.45, 7) is 0. The van der Waals surface area contributed by atoms with Gasteiger partial charge in [-0.3, -0.25) is 4.79 Å². The number of rotatable bonds is 3. The van der Waals surface area contributed by atoms with E-state index in [0.29, 0.717) is 16.0 Å². The number of hydrogen-bond donors (Lipinski definition) is 0. The molecule has 0 heterocycles. The fourth-order valence-corrected chi connectivity index (χ4v) is 2.36. The molecule has 86 valence electrons. The third-order valence-electron chi connectivity index (χ3n) is 2.76. The molecule has 2 nitrogen and oxygen atoms in total. The van der Waals surface area contributed by atoms with Gasteiger partial charge >= 0.3 is 5.97 Å². The van der Waals surface area contributed by atoms with E-state index in [1.54, 1.807) is 6.07 Å². The van der Waals surface area contributed by atoms with Crippen molar-refractivity contribution < 1.29 is 9.53 Å². The molecule has 0 amide bonds. The Labute approximate surface area is 104 Å². The van der Waals surface area contributed by atoms with Crippen LogP contribution < -0.4 is 0 Å². The summed E-state index contributed by atoms with van der Waals surface area (Å²) in [5, 5.41) is 1.18. The highest BCUT2D eigenvalue weighted by Crippen LogP contribution is 2.44. The molecule has 0 bridgehead atoms. The molecule has 0 radical (unpaired) electrons. The third-order valence-corrected chi connectivity index (χ3v) is 3.32. The number of carbonyl (C=O) groups is 1. The Morgan fingerprint density at radius 3 is 2.69 bits per heavy atom. The molecule has 4 heteroatoms. The van der Waals surface area contributed by atoms with Gasteiger partial charge in [0.2, 0.25) is 0 Å². The van der Waals surface area contributed by atoms with Gasteiger partial charge < -0.3 is 4.74 Å². The Kier molecular flexibility index (Phi) is 3.41. The quantitative estimate of drug-likeness (QED) is 0.775. The molecule has 0 atom stereocenters. The number of ether oxygens (including phenoxy) is 1. The molecular weight excluding hydrogens is 247 g/mol. The van der Waals surface area contributed by atoms with E-state index in [2.05, 4.69) is 4.74 Å². The molecule has 0 spiro atoms. The molecule has 1 saturated carbocycles. The maximum Gasteiger partial charge on any atom is 0.310 e. The van der Waals surface area contributed by atoms with Gasteiger partial charge in [-0.1, -0.05) is 23.2 Å². The van der Waals surface area contributed by atoms with Crippen LogP contribution in [0.3, 0.4) is 0 Å². The monoisotopic (exact) mass is 258 g/mol. The summed E-state index contributed by atoms with van der Waals surface area (Å²) in [7, 11) is 1.38. The third kappa shape index (κ3) is 2.50. The molecule has 2 rings (SSSR count). The van der Waals surface area contributed by atoms with Gasteiger partial charge in [-0.25, -0.2) is 0 Å². The summed E-state index contributed by atoms with van der Waals surface area (Å²) in [6.07, 6.45) is 2.51. The topological polar surface area (TPSA) is 26.3 Å². The van der Waals surface area contributed by atoms with Crippen molar-refractivity contribution in [2.75, 3.05) is 7.11 Å². The minimum absolute atomic E-state index is 0.221. The number of carbonyl (C=O) groups excluding carboxylic acids is 1. The predicted molar refractivity (Wildman–Crippen MR) is 64.2 cm³/mol. The molecule has 1 aromatic carbocycles. The number of methoxy groups -OCH3 is 1. The van der Waals surface area contributed by atoms with Crippen molar-refractivity contribution in [2.24, 2.45) is 0 Å². The summed E-state index contributed by atoms with van der Waals surface area (Å²) < 4.78 is 4.66. The highest BCUT2D eigenvalue weighted by Gasteiger charge is 2.28. The van der Waals surface area contributed by atoms with Gasteiger partial charge in [0, 0.05) is 10.0 Å². The highest BCUT2D eigenvalue weighted by atomic mass is 35.5. The van der Waals surface area contributed by atoms with Gasteiger partial charge in [0.15, 0.2) is 0 Å². The zero-order valence-corrected chi connectivity index (χ0v) is 10.4. The van der Waals surface area contributed by atoms with Crippen LogP contribution in [0.15, 0.2) is 12.1 Å². The van der Waals surface area contributed by atoms with Crippen LogP contribution in [0.1, 0.15) is 29.9 Å². The molecule has 0 N–H and O–H groups in total. The van der Waals surface area contributed by atoms with Crippen LogP contribution in [0.2, 0.25) is 10.0 Å². The van der Waals surface area contributed by atoms with Gasteiger partial charge in [0.1, 0.15) is 0 Å². The number of esters is 1. The lowest BCUT2D eigenvalue weighted by molar-refractivity contribution is -0.139. The first-order valence-corrected chi connectivity index (χ1v) is 5.92. The Hall–Kier alpha value is -0.730. The number of benzene rings is 1. The summed E-state index contributed by atoms with van der Waals surface area (Å²) >= 11 is 12.1. The van der Waals surface area contributed by atoms with E-state index in [1.807, 2.05) is 6.07 Å². The summed E-state index contributed by atoms with van der Waals surface area (Å²) in [5.41, 5.74) is 1.96. The number of hydrogen-bond acceptors (Lipinski definition) is 2. The maximum atomic E-state index is 11.3. The van der Waals surface area contributed by atoms with Gasteiger partial charge in [-0.15, -0.1) is 0 Å². The summed E-state index contributed by atoms with van der Waals surface area (Å²) in [5.74, 6) is 0.238. The second-order valence-electron chi connectivity index (χ2n) is 3.98. The Bertz CT molecular complexity index is 425. The molecule has 0 unspecified atom stereocenters. The maximum absolute atomic E-state index is 11.3. The van der Waals surface area contributed by atoms with Crippen molar-refractivity contribution in [2.45, 2.75) is 25.2 Å². The van der Waals surface area contributed by atoms with E-state index in [9.17, 15) is 4.79 Å². The first-order valence-electron chi connectivity index (χ1n) is 5.16. The number of halogens is 2. The minimum atomic E-state index is -0.272. The first-order chi connectivity index (χ1) is 7.61. The van der Waals surface area contributed by atoms with E-state index >= 15 is 0 Å². The van der Waals surface area contributed by atoms with Crippen molar-refractivity contribution in [3.05, 3.63) is 33.3 Å². The fraction of sp³-hybridized carbons (Fsp3) is 0.417. The highest BCUT2D eigenvalue weighted by molar-refractivity contribution is 6.35. The van der Waals surface area contributed by atoms with Gasteiger partial charge in [-0.2, -0.15) is 0 Å². The van der Waals surface area contributed by atoms with E-state index in [4.69, 9.17) is 23.2 Å². The van der Waals surface area contributed by atoms with Crippen molar-refractivity contribution in [3.8, 4) is 0 Å². The van der Waals surface area contributed by atoms with Gasteiger partial charge in [-0.05, 0) is 42.0 Å². The van der Waals surface area contributed by atoms with E-state index in [1.165, 1.54) is 7.11 Å². The largest absolute Gasteiger partial charge is 0.469 e. The summed E-state index contributed by atoms with van der Waals surface area (Å²) in [4.78, 5) is 11.3. The zero-order valence-electron chi connectivity index (χ0n) is 8.93. The molecular formula is C12H12Cl2O2. The second kappa shape index (κ2) is 4.64. The molecule has 1 aromatic rings. The standard InChI is InChI=1S/C12H12Cl2O2/c1-16-12(15)6-10-9(7-2-3-7)4-8(13)5-11(10)14/h4-5,7H,2-3,6H2,1H3. The average Bonchev–Trinajstić information content (AvgIpc) is 3.04. The SMILES string of the molecule is COC(=O)Cc1c(Cl)cc(Cl)cc1C1CC1. The van der Waals surface area contributed by atoms with Crippen LogP contribution in [0, 0.1) is 0 Å². The van der Waals surface area contributed by atoms with Crippen molar-refractivity contribution in [1.82, 2.24) is 0 Å². The smallest absolute Gasteiger partial charge is 0.310 e. The van der Waals surface area contributed by atoms with Crippen molar-refractivity contribution >= 4 is 29.2 Å². The molecule has 1 aliphatic carbocycles. The minimum Gasteiger partial charge on any atom is -0.469 e. The zero-order chi connectivity index (χ0) is 11.7. The summed E-state index contributed by atoms with van der Waals surface area (Å²) in [6, 6.07) is 3.58. The van der Waals surface area contributed by atoms with Crippen LogP contribution >= 0.6 is 23.2 Å². The van der Waals surface area contributed by atoms with E-state index < -0.39 is 0 Å². The molecule has 1 fully saturated rings. The van der Waals surface area contributed by atoms with E-state index in [0.717, 1.165) is 24.0 Å². The van der Waals surface area contributed by atoms with Crippen LogP contribution in [-0.4, -0.2) is 13.1 Å². The predicted octanol–water partition coefficient (Wildman–Crippen LogP) is 3.59. The van der Waals surface area contributed by atoms with Crippen LogP contribution in [-0.2, 0) is 16.0 Å². The fourth-order valence-electron chi connectivity index (χ4n) is 1.78. The molecule has 1 aliphatic rings. The van der Waals surface area contributed by atoms with Crippen LogP contribution in [0.5, 0.6) is 0 Å². The molecule has 16 heavy (non-hydrogen) atoms. The Morgan fingerprint density at radius 1 is 1.44 bits per heavy atom. The average molecular weight is 259 g/mol. The molecule has 0 aromatic heterocycles. The van der Waals surface area contributed by atoms with Crippen LogP contribution in [0.25, 0.3) is 0 Å². The van der Waals surface area contributed by atoms with Crippen molar-refractivity contribution in [1.29, 1.82) is 0 Å². The van der Waals surface area contributed by atoms with Gasteiger partial charge in [0.05, 0.1) is 13.5 Å². The van der Waals surface area contributed by atoms with E-state index in [-0.39, 0.29) is 12.4 Å². The Morgan fingerprint density at radius 2 is 2.12 bits per heavy atom. The lowest BCUT2D eigenvalue weighted by Crippen LogP contribution is -2.07.